The molecule has 0 bridgehead atoms. The highest BCUT2D eigenvalue weighted by Crippen LogP contribution is 2.07. The van der Waals surface area contributed by atoms with Crippen molar-refractivity contribution in [2.24, 2.45) is 5.73 Å². The van der Waals surface area contributed by atoms with Crippen LogP contribution in [-0.4, -0.2) is 26.5 Å². The second-order valence-electron chi connectivity index (χ2n) is 2.88. The Morgan fingerprint density at radius 3 is 3.08 bits per heavy atom. The Morgan fingerprint density at radius 1 is 1.46 bits per heavy atom. The highest BCUT2D eigenvalue weighted by Gasteiger charge is 2.02. The molecule has 13 heavy (non-hydrogen) atoms. The average molecular weight is 177 g/mol. The number of nitrogens with zero attached hydrogens (tertiary/aromatic N) is 3. The third-order valence-electron chi connectivity index (χ3n) is 1.79. The monoisotopic (exact) mass is 177 g/mol. The third-order valence-corrected chi connectivity index (χ3v) is 1.79. The Labute approximate surface area is 75.4 Å². The van der Waals surface area contributed by atoms with E-state index in [1.807, 2.05) is 6.92 Å². The summed E-state index contributed by atoms with van der Waals surface area (Å²) in [5, 5.41) is 0. The molecule has 5 nitrogen and oxygen atoms in total. The molecule has 0 saturated carbocycles. The van der Waals surface area contributed by atoms with Crippen molar-refractivity contribution in [3.8, 4) is 0 Å². The molecule has 0 aliphatic rings. The number of nitrogens with two attached hydrogens (primary N) is 1. The number of rotatable bonds is 2. The summed E-state index contributed by atoms with van der Waals surface area (Å²) in [7, 11) is 0. The number of nitrogens with one attached hydrogen (secondary N) is 1. The van der Waals surface area contributed by atoms with Crippen molar-refractivity contribution in [2.75, 3.05) is 6.54 Å². The highest BCUT2D eigenvalue weighted by atomic mass is 15.0. The molecule has 2 rings (SSSR count). The van der Waals surface area contributed by atoms with Crippen molar-refractivity contribution in [1.29, 1.82) is 0 Å². The average Bonchev–Trinajstić information content (AvgIpc) is 2.46. The molecule has 0 aromatic carbocycles. The topological polar surface area (TPSA) is 80.5 Å². The van der Waals surface area contributed by atoms with E-state index in [9.17, 15) is 0 Å². The van der Waals surface area contributed by atoms with Gasteiger partial charge in [-0.05, 0) is 13.5 Å². The molecule has 2 aromatic heterocycles. The molecule has 5 heteroatoms. The zero-order valence-corrected chi connectivity index (χ0v) is 7.41. The first-order chi connectivity index (χ1) is 6.29. The first-order valence-corrected chi connectivity index (χ1v) is 4.18. The quantitative estimate of drug-likeness (QED) is 0.684. The maximum atomic E-state index is 5.42. The Bertz CT molecular complexity index is 419. The molecular formula is C8H11N5. The van der Waals surface area contributed by atoms with Gasteiger partial charge in [0.25, 0.3) is 0 Å². The molecule has 0 atom stereocenters. The number of H-pyrrole nitrogens is 1. The zero-order valence-electron chi connectivity index (χ0n) is 7.41. The predicted octanol–water partition coefficient (Wildman–Crippen LogP) is 0.163. The molecule has 0 fully saturated rings. The molecule has 0 aliphatic heterocycles. The van der Waals surface area contributed by atoms with Crippen molar-refractivity contribution in [3.05, 3.63) is 17.8 Å². The summed E-state index contributed by atoms with van der Waals surface area (Å²) in [5.41, 5.74) is 7.00. The summed E-state index contributed by atoms with van der Waals surface area (Å²) in [5.74, 6) is 1.61. The van der Waals surface area contributed by atoms with Crippen molar-refractivity contribution in [3.63, 3.8) is 0 Å². The molecule has 0 unspecified atom stereocenters. The molecular weight excluding hydrogens is 166 g/mol. The van der Waals surface area contributed by atoms with Crippen LogP contribution >= 0.6 is 0 Å². The van der Waals surface area contributed by atoms with E-state index in [0.29, 0.717) is 6.54 Å². The standard InChI is InChI=1S/C8H11N5/c1-5-10-4-6-8(11-5)13-7(12-6)2-3-9/h4H,2-3,9H2,1H3,(H,10,11,12,13). The summed E-state index contributed by atoms with van der Waals surface area (Å²) in [6.45, 7) is 2.43. The van der Waals surface area contributed by atoms with Crippen LogP contribution < -0.4 is 5.73 Å². The minimum atomic E-state index is 0.590. The molecule has 2 heterocycles. The van der Waals surface area contributed by atoms with E-state index >= 15 is 0 Å². The largest absolute Gasteiger partial charge is 0.339 e. The number of imidazole rings is 1. The van der Waals surface area contributed by atoms with Crippen molar-refractivity contribution < 1.29 is 0 Å². The van der Waals surface area contributed by atoms with Crippen molar-refractivity contribution >= 4 is 11.2 Å². The van der Waals surface area contributed by atoms with Gasteiger partial charge in [0, 0.05) is 6.42 Å². The SMILES string of the molecule is Cc1ncc2[nH]c(CCN)nc2n1. The minimum absolute atomic E-state index is 0.590. The van der Waals surface area contributed by atoms with Gasteiger partial charge in [0.15, 0.2) is 5.65 Å². The molecule has 0 saturated heterocycles. The van der Waals surface area contributed by atoms with Crippen LogP contribution in [0.2, 0.25) is 0 Å². The van der Waals surface area contributed by atoms with Crippen LogP contribution in [0.5, 0.6) is 0 Å². The van der Waals surface area contributed by atoms with Crippen LogP contribution in [0.15, 0.2) is 6.20 Å². The van der Waals surface area contributed by atoms with Crippen LogP contribution in [0, 0.1) is 6.92 Å². The second-order valence-corrected chi connectivity index (χ2v) is 2.88. The Kier molecular flexibility index (Phi) is 1.94. The van der Waals surface area contributed by atoms with E-state index in [2.05, 4.69) is 19.9 Å². The fraction of sp³-hybridized carbons (Fsp3) is 0.375. The molecule has 2 aromatic rings. The van der Waals surface area contributed by atoms with Crippen LogP contribution in [0.1, 0.15) is 11.6 Å². The van der Waals surface area contributed by atoms with Gasteiger partial charge in [0.05, 0.1) is 6.20 Å². The Balaban J connectivity index is 2.49. The zero-order chi connectivity index (χ0) is 9.26. The van der Waals surface area contributed by atoms with E-state index < -0.39 is 0 Å². The summed E-state index contributed by atoms with van der Waals surface area (Å²) in [6.07, 6.45) is 2.49. The Hall–Kier alpha value is -1.49. The Morgan fingerprint density at radius 2 is 2.31 bits per heavy atom. The highest BCUT2D eigenvalue weighted by molar-refractivity contribution is 5.69. The number of aryl methyl sites for hydroxylation is 1. The normalized spacial score (nSPS) is 10.9. The fourth-order valence-electron chi connectivity index (χ4n) is 1.20. The first kappa shape index (κ1) is 8.12. The second kappa shape index (κ2) is 3.10. The van der Waals surface area contributed by atoms with E-state index in [1.54, 1.807) is 6.20 Å². The van der Waals surface area contributed by atoms with Gasteiger partial charge in [-0.1, -0.05) is 0 Å². The van der Waals surface area contributed by atoms with E-state index in [0.717, 1.165) is 29.2 Å². The lowest BCUT2D eigenvalue weighted by molar-refractivity contribution is 0.898. The van der Waals surface area contributed by atoms with Crippen molar-refractivity contribution in [1.82, 2.24) is 19.9 Å². The van der Waals surface area contributed by atoms with Crippen LogP contribution in [0.4, 0.5) is 0 Å². The van der Waals surface area contributed by atoms with Gasteiger partial charge in [-0.25, -0.2) is 15.0 Å². The fourth-order valence-corrected chi connectivity index (χ4v) is 1.20. The van der Waals surface area contributed by atoms with Gasteiger partial charge in [-0.2, -0.15) is 0 Å². The predicted molar refractivity (Wildman–Crippen MR) is 49.2 cm³/mol. The summed E-state index contributed by atoms with van der Waals surface area (Å²) in [4.78, 5) is 15.6. The van der Waals surface area contributed by atoms with E-state index in [1.165, 1.54) is 0 Å². The van der Waals surface area contributed by atoms with E-state index in [4.69, 9.17) is 5.73 Å². The maximum absolute atomic E-state index is 5.42. The number of aromatic amines is 1. The molecule has 3 N–H and O–H groups in total. The first-order valence-electron chi connectivity index (χ1n) is 4.18. The van der Waals surface area contributed by atoms with Crippen molar-refractivity contribution in [2.45, 2.75) is 13.3 Å². The molecule has 0 radical (unpaired) electrons. The molecule has 0 aliphatic carbocycles. The summed E-state index contributed by atoms with van der Waals surface area (Å²) >= 11 is 0. The number of aromatic nitrogens is 4. The van der Waals surface area contributed by atoms with Gasteiger partial charge in [-0.3, -0.25) is 0 Å². The lowest BCUT2D eigenvalue weighted by Gasteiger charge is -1.87. The molecule has 0 amide bonds. The maximum Gasteiger partial charge on any atom is 0.181 e. The lowest BCUT2D eigenvalue weighted by atomic mass is 10.4. The van der Waals surface area contributed by atoms with Crippen LogP contribution in [0.25, 0.3) is 11.2 Å². The molecule has 68 valence electrons. The van der Waals surface area contributed by atoms with E-state index in [-0.39, 0.29) is 0 Å². The summed E-state index contributed by atoms with van der Waals surface area (Å²) in [6, 6.07) is 0. The smallest absolute Gasteiger partial charge is 0.181 e. The number of hydrogen-bond acceptors (Lipinski definition) is 4. The minimum Gasteiger partial charge on any atom is -0.339 e. The molecule has 0 spiro atoms. The third kappa shape index (κ3) is 1.50. The van der Waals surface area contributed by atoms with Gasteiger partial charge in [-0.15, -0.1) is 0 Å². The lowest BCUT2D eigenvalue weighted by Crippen LogP contribution is -2.03. The van der Waals surface area contributed by atoms with Crippen LogP contribution in [0.3, 0.4) is 0 Å². The van der Waals surface area contributed by atoms with Crippen LogP contribution in [-0.2, 0) is 6.42 Å². The van der Waals surface area contributed by atoms with Gasteiger partial charge in [0.1, 0.15) is 17.2 Å². The number of hydrogen-bond donors (Lipinski definition) is 2. The van der Waals surface area contributed by atoms with Gasteiger partial charge < -0.3 is 10.7 Å². The summed E-state index contributed by atoms with van der Waals surface area (Å²) < 4.78 is 0. The van der Waals surface area contributed by atoms with Gasteiger partial charge in [0.2, 0.25) is 0 Å². The van der Waals surface area contributed by atoms with Gasteiger partial charge >= 0.3 is 0 Å². The number of fused-ring (bicyclic) bond motifs is 1.